The second-order valence-electron chi connectivity index (χ2n) is 13.2. The number of likely N-dealkylation sites (N-methyl/N-ethyl adjacent to an activating group) is 1. The van der Waals surface area contributed by atoms with Crippen LogP contribution in [-0.4, -0.2) is 152 Å². The number of hydrogen-bond donors (Lipinski definition) is 2. The summed E-state index contributed by atoms with van der Waals surface area (Å²) in [6.07, 6.45) is -23.9. The van der Waals surface area contributed by atoms with Crippen LogP contribution in [0.15, 0.2) is 0 Å². The van der Waals surface area contributed by atoms with Gasteiger partial charge in [0.15, 0.2) is 6.54 Å². The lowest BCUT2D eigenvalue weighted by Crippen LogP contribution is -2.70. The Hall–Kier alpha value is -3.49. The molecule has 0 saturated carbocycles. The minimum atomic E-state index is -8.30. The molecule has 0 aromatic carbocycles. The Labute approximate surface area is 322 Å². The molecular formula is C27H27F26N2O6+. The predicted molar refractivity (Wildman–Crippen MR) is 143 cm³/mol. The van der Waals surface area contributed by atoms with E-state index in [1.165, 1.54) is 14.1 Å². The molecule has 0 heterocycles. The molecule has 1 atom stereocenters. The Morgan fingerprint density at radius 1 is 0.525 bits per heavy atom. The molecule has 0 aliphatic carbocycles. The molecule has 0 bridgehead atoms. The number of ether oxygens (including phenoxy) is 2. The van der Waals surface area contributed by atoms with Crippen LogP contribution in [-0.2, 0) is 23.9 Å². The molecule has 0 saturated heterocycles. The zero-order valence-corrected chi connectivity index (χ0v) is 29.7. The molecule has 0 radical (unpaired) electrons. The highest BCUT2D eigenvalue weighted by Gasteiger charge is 2.92. The molecule has 8 nitrogen and oxygen atoms in total. The van der Waals surface area contributed by atoms with E-state index in [0.717, 1.165) is 0 Å². The first kappa shape index (κ1) is 57.5. The number of rotatable bonds is 24. The molecule has 0 spiro atoms. The van der Waals surface area contributed by atoms with E-state index >= 15 is 0 Å². The maximum atomic E-state index is 14.1. The molecule has 0 aromatic heterocycles. The first-order valence-electron chi connectivity index (χ1n) is 15.5. The normalized spacial score (nSPS) is 15.7. The molecule has 0 aliphatic rings. The summed E-state index contributed by atoms with van der Waals surface area (Å²) in [4.78, 5) is 35.5. The smallest absolute Gasteiger partial charge is 0.460 e. The van der Waals surface area contributed by atoms with Crippen LogP contribution in [0.25, 0.3) is 0 Å². The Morgan fingerprint density at radius 3 is 1.18 bits per heavy atom. The molecule has 61 heavy (non-hydrogen) atoms. The maximum Gasteiger partial charge on any atom is 0.460 e. The second kappa shape index (κ2) is 17.9. The van der Waals surface area contributed by atoms with Crippen molar-refractivity contribution in [2.24, 2.45) is 0 Å². The fourth-order valence-corrected chi connectivity index (χ4v) is 4.28. The van der Waals surface area contributed by atoms with Gasteiger partial charge in [0.25, 0.3) is 0 Å². The summed E-state index contributed by atoms with van der Waals surface area (Å²) in [5.74, 6) is -84.4. The Morgan fingerprint density at radius 2 is 0.852 bits per heavy atom. The summed E-state index contributed by atoms with van der Waals surface area (Å²) in [6, 6.07) is -2.55. The van der Waals surface area contributed by atoms with Gasteiger partial charge < -0.3 is 24.4 Å². The van der Waals surface area contributed by atoms with E-state index in [2.05, 4.69) is 9.47 Å². The van der Waals surface area contributed by atoms with Gasteiger partial charge in [0.05, 0.1) is 53.1 Å². The molecule has 0 aromatic rings. The molecule has 0 fully saturated rings. The summed E-state index contributed by atoms with van der Waals surface area (Å²) in [6.45, 7) is -6.38. The average Bonchev–Trinajstić information content (AvgIpc) is 3.03. The average molecular weight is 969 g/mol. The number of carbonyl (C=O) groups is 3. The van der Waals surface area contributed by atoms with Gasteiger partial charge in [0.1, 0.15) is 6.04 Å². The van der Waals surface area contributed by atoms with Crippen LogP contribution in [0.1, 0.15) is 25.7 Å². The number of quaternary nitrogens is 1. The SMILES string of the molecule is C[N+](C)(CCCNC(CC(=O)OCCC(F)(F)C(F)(F)C(F)(F)C(F)(F)C(F)(F)C(F)(F)F)C(=O)OCCC(F)(F)C(F)(F)C(F)(F)C(F)(F)C(F)(F)C(F)(F)F)CC(=O)O. The summed E-state index contributed by atoms with van der Waals surface area (Å²) in [5.41, 5.74) is 0. The predicted octanol–water partition coefficient (Wildman–Crippen LogP) is 8.23. The largest absolute Gasteiger partial charge is 0.477 e. The van der Waals surface area contributed by atoms with Crippen LogP contribution >= 0.6 is 0 Å². The minimum absolute atomic E-state index is 0.221. The van der Waals surface area contributed by atoms with Crippen molar-refractivity contribution in [2.45, 2.75) is 103 Å². The van der Waals surface area contributed by atoms with Crippen molar-refractivity contribution in [1.29, 1.82) is 0 Å². The van der Waals surface area contributed by atoms with Gasteiger partial charge in [-0.25, -0.2) is 4.79 Å². The minimum Gasteiger partial charge on any atom is -0.477 e. The van der Waals surface area contributed by atoms with E-state index in [9.17, 15) is 129 Å². The van der Waals surface area contributed by atoms with E-state index in [4.69, 9.17) is 5.11 Å². The van der Waals surface area contributed by atoms with Gasteiger partial charge in [-0.1, -0.05) is 0 Å². The molecule has 2 N–H and O–H groups in total. The van der Waals surface area contributed by atoms with E-state index in [1.54, 1.807) is 0 Å². The first-order chi connectivity index (χ1) is 26.5. The van der Waals surface area contributed by atoms with Crippen molar-refractivity contribution >= 4 is 17.9 Å². The number of aliphatic carboxylic acids is 1. The van der Waals surface area contributed by atoms with Crippen molar-refractivity contribution in [2.75, 3.05) is 46.9 Å². The summed E-state index contributed by atoms with van der Waals surface area (Å²) >= 11 is 0. The van der Waals surface area contributed by atoms with E-state index in [1.807, 2.05) is 5.32 Å². The van der Waals surface area contributed by atoms with Gasteiger partial charge in [0.2, 0.25) is 0 Å². The van der Waals surface area contributed by atoms with Gasteiger partial charge in [-0.2, -0.15) is 114 Å². The zero-order valence-electron chi connectivity index (χ0n) is 29.7. The molecule has 1 unspecified atom stereocenters. The number of halogens is 26. The summed E-state index contributed by atoms with van der Waals surface area (Å²) in [5, 5.41) is 10.8. The van der Waals surface area contributed by atoms with Crippen LogP contribution < -0.4 is 5.32 Å². The first-order valence-corrected chi connectivity index (χ1v) is 15.5. The summed E-state index contributed by atoms with van der Waals surface area (Å²) in [7, 11) is 2.52. The zero-order chi connectivity index (χ0) is 49.3. The highest BCUT2D eigenvalue weighted by atomic mass is 19.4. The van der Waals surface area contributed by atoms with E-state index in [0.29, 0.717) is 0 Å². The molecule has 0 rings (SSSR count). The van der Waals surface area contributed by atoms with Gasteiger partial charge in [0, 0.05) is 13.0 Å². The number of carboxylic acids is 1. The fourth-order valence-electron chi connectivity index (χ4n) is 4.28. The lowest BCUT2D eigenvalue weighted by molar-refractivity contribution is -0.883. The van der Waals surface area contributed by atoms with Gasteiger partial charge in [-0.3, -0.25) is 9.59 Å². The molecule has 362 valence electrons. The topological polar surface area (TPSA) is 102 Å². The number of esters is 2. The van der Waals surface area contributed by atoms with Crippen LogP contribution in [0.4, 0.5) is 114 Å². The number of hydrogen-bond acceptors (Lipinski definition) is 6. The number of nitrogens with one attached hydrogen (secondary N) is 1. The molecule has 0 amide bonds. The lowest BCUT2D eigenvalue weighted by atomic mass is 9.93. The van der Waals surface area contributed by atoms with Gasteiger partial charge in [-0.05, 0) is 0 Å². The lowest BCUT2D eigenvalue weighted by Gasteiger charge is -2.39. The van der Waals surface area contributed by atoms with Crippen molar-refractivity contribution in [1.82, 2.24) is 5.32 Å². The third kappa shape index (κ3) is 11.4. The quantitative estimate of drug-likeness (QED) is 0.0436. The maximum absolute atomic E-state index is 14.1. The molecular weight excluding hydrogens is 942 g/mol. The highest BCUT2D eigenvalue weighted by molar-refractivity contribution is 5.82. The highest BCUT2D eigenvalue weighted by Crippen LogP contribution is 2.62. The van der Waals surface area contributed by atoms with Crippen molar-refractivity contribution in [3.8, 4) is 0 Å². The van der Waals surface area contributed by atoms with Crippen molar-refractivity contribution in [3.05, 3.63) is 0 Å². The third-order valence-electron chi connectivity index (χ3n) is 7.89. The summed E-state index contributed by atoms with van der Waals surface area (Å²) < 4.78 is 353. The molecule has 34 heteroatoms. The van der Waals surface area contributed by atoms with Crippen LogP contribution in [0.5, 0.6) is 0 Å². The van der Waals surface area contributed by atoms with Crippen LogP contribution in [0.3, 0.4) is 0 Å². The van der Waals surface area contributed by atoms with Crippen molar-refractivity contribution in [3.63, 3.8) is 0 Å². The van der Waals surface area contributed by atoms with Crippen LogP contribution in [0, 0.1) is 0 Å². The number of alkyl halides is 26. The third-order valence-corrected chi connectivity index (χ3v) is 7.89. The fraction of sp³-hybridized carbons (Fsp3) is 0.889. The monoisotopic (exact) mass is 969 g/mol. The van der Waals surface area contributed by atoms with E-state index < -0.39 is 146 Å². The van der Waals surface area contributed by atoms with Gasteiger partial charge >= 0.3 is 89.5 Å². The van der Waals surface area contributed by atoms with Gasteiger partial charge in [-0.15, -0.1) is 0 Å². The Bertz CT molecular complexity index is 1530. The Kier molecular flexibility index (Phi) is 16.9. The van der Waals surface area contributed by atoms with E-state index in [-0.39, 0.29) is 13.0 Å². The van der Waals surface area contributed by atoms with Crippen molar-refractivity contribution < 1.29 is 148 Å². The molecule has 0 aliphatic heterocycles. The number of carboxylic acid groups (broad SMARTS) is 1. The standard InChI is InChI=1S/C27H26F26N2O6/c1-55(2,11-13(56)57)7-3-6-54-12(15(59)61-9-5-17(30,31)19(34,35)21(38,39)23(42,43)25(46,47)27(51,52)53)10-14(58)60-8-4-16(28,29)18(32,33)20(36,37)22(40,41)24(44,45)26(48,49)50/h12,54H,3-11H2,1-2H3/p+1. The number of carbonyl (C=O) groups excluding carboxylic acids is 2. The van der Waals surface area contributed by atoms with Crippen LogP contribution in [0.2, 0.25) is 0 Å². The number of nitrogens with zero attached hydrogens (tertiary/aromatic N) is 1. The second-order valence-corrected chi connectivity index (χ2v) is 13.2. The Balaban J connectivity index is 6.23.